The van der Waals surface area contributed by atoms with Gasteiger partial charge in [0, 0.05) is 0 Å². The van der Waals surface area contributed by atoms with Gasteiger partial charge in [0.15, 0.2) is 5.75 Å². The highest BCUT2D eigenvalue weighted by molar-refractivity contribution is 6.37. The molecule has 0 aliphatic heterocycles. The molecule has 0 aliphatic rings. The lowest BCUT2D eigenvalue weighted by molar-refractivity contribution is 0.0731. The first-order valence-electron chi connectivity index (χ1n) is 6.13. The second-order valence-electron chi connectivity index (χ2n) is 4.24. The van der Waals surface area contributed by atoms with E-state index in [4.69, 9.17) is 43.8 Å². The van der Waals surface area contributed by atoms with Crippen molar-refractivity contribution in [2.24, 2.45) is 5.73 Å². The van der Waals surface area contributed by atoms with Crippen LogP contribution < -0.4 is 15.2 Å². The molecule has 0 bridgehead atoms. The normalized spacial score (nSPS) is 10.1. The van der Waals surface area contributed by atoms with Gasteiger partial charge >= 0.3 is 5.97 Å². The van der Waals surface area contributed by atoms with Crippen LogP contribution in [0.2, 0.25) is 10.0 Å². The maximum Gasteiger partial charge on any atom is 0.348 e. The number of para-hydroxylation sites is 1. The lowest BCUT2D eigenvalue weighted by Crippen LogP contribution is -2.16. The van der Waals surface area contributed by atoms with Gasteiger partial charge in [-0.1, -0.05) is 35.3 Å². The molecule has 0 heterocycles. The van der Waals surface area contributed by atoms with Crippen molar-refractivity contribution >= 4 is 35.0 Å². The molecule has 5 nitrogen and oxygen atoms in total. The van der Waals surface area contributed by atoms with Crippen molar-refractivity contribution in [2.45, 2.75) is 0 Å². The van der Waals surface area contributed by atoms with Crippen LogP contribution in [0.4, 0.5) is 0 Å². The van der Waals surface area contributed by atoms with Crippen LogP contribution in [-0.4, -0.2) is 18.9 Å². The second-order valence-corrected chi connectivity index (χ2v) is 5.05. The topological polar surface area (TPSA) is 85.4 Å². The number of nitrogens with two attached hydrogens (primary N) is 1. The van der Waals surface area contributed by atoms with Crippen molar-refractivity contribution in [3.05, 3.63) is 57.6 Å². The van der Waals surface area contributed by atoms with Crippen molar-refractivity contribution in [1.82, 2.24) is 0 Å². The predicted molar refractivity (Wildman–Crippen MR) is 85.4 cm³/mol. The largest absolute Gasteiger partial charge is 0.494 e. The number of carbonyl (C=O) groups excluding carboxylic acids is 1. The molecule has 0 aromatic heterocycles. The summed E-state index contributed by atoms with van der Waals surface area (Å²) in [6.07, 6.45) is 0. The van der Waals surface area contributed by atoms with Crippen molar-refractivity contribution in [2.75, 3.05) is 7.11 Å². The van der Waals surface area contributed by atoms with Crippen molar-refractivity contribution < 1.29 is 14.3 Å². The number of halogens is 2. The third-order valence-electron chi connectivity index (χ3n) is 2.85. The number of hydrogen-bond acceptors (Lipinski definition) is 4. The molecule has 0 aliphatic carbocycles. The third-order valence-corrected chi connectivity index (χ3v) is 3.46. The van der Waals surface area contributed by atoms with Crippen LogP contribution in [0.3, 0.4) is 0 Å². The Kier molecular flexibility index (Phi) is 4.90. The van der Waals surface area contributed by atoms with Crippen molar-refractivity contribution in [1.29, 1.82) is 5.41 Å². The fourth-order valence-corrected chi connectivity index (χ4v) is 2.31. The van der Waals surface area contributed by atoms with E-state index in [9.17, 15) is 4.79 Å². The van der Waals surface area contributed by atoms with E-state index in [0.29, 0.717) is 5.56 Å². The number of hydrogen-bond donors (Lipinski definition) is 2. The first-order chi connectivity index (χ1) is 10.5. The number of esters is 1. The van der Waals surface area contributed by atoms with Crippen LogP contribution >= 0.6 is 23.2 Å². The molecule has 0 saturated carbocycles. The standard InChI is InChI=1S/C15H12Cl2N2O3/c1-21-13-10(17)7-6-9(16)12(13)15(20)22-11-5-3-2-4-8(11)14(18)19/h2-7H,1H3,(H3,18,19). The number of nitrogens with one attached hydrogen (secondary N) is 1. The molecule has 0 unspecified atom stereocenters. The highest BCUT2D eigenvalue weighted by atomic mass is 35.5. The van der Waals surface area contributed by atoms with Gasteiger partial charge < -0.3 is 15.2 Å². The zero-order valence-corrected chi connectivity index (χ0v) is 13.0. The number of benzene rings is 2. The lowest BCUT2D eigenvalue weighted by Gasteiger charge is -2.13. The molecule has 0 saturated heterocycles. The molecule has 0 spiro atoms. The maximum atomic E-state index is 12.4. The molecule has 0 atom stereocenters. The van der Waals surface area contributed by atoms with Crippen LogP contribution in [0.5, 0.6) is 11.5 Å². The number of nitrogen functional groups attached to an aromatic ring is 1. The monoisotopic (exact) mass is 338 g/mol. The van der Waals surface area contributed by atoms with E-state index in [1.165, 1.54) is 25.3 Å². The number of amidine groups is 1. The average Bonchev–Trinajstić information content (AvgIpc) is 2.49. The minimum absolute atomic E-state index is 0.00928. The van der Waals surface area contributed by atoms with Crippen LogP contribution in [0.15, 0.2) is 36.4 Å². The van der Waals surface area contributed by atoms with Crippen LogP contribution in [0.25, 0.3) is 0 Å². The van der Waals surface area contributed by atoms with Crippen LogP contribution in [0, 0.1) is 5.41 Å². The first kappa shape index (κ1) is 16.1. The number of methoxy groups -OCH3 is 1. The summed E-state index contributed by atoms with van der Waals surface area (Å²) in [7, 11) is 1.37. The summed E-state index contributed by atoms with van der Waals surface area (Å²) in [5.41, 5.74) is 5.77. The molecule has 0 amide bonds. The van der Waals surface area contributed by atoms with Crippen LogP contribution in [-0.2, 0) is 0 Å². The summed E-state index contributed by atoms with van der Waals surface area (Å²) in [4.78, 5) is 12.4. The fraction of sp³-hybridized carbons (Fsp3) is 0.0667. The minimum Gasteiger partial charge on any atom is -0.494 e. The Bertz CT molecular complexity index is 748. The summed E-state index contributed by atoms with van der Waals surface area (Å²) in [6.45, 7) is 0. The van der Waals surface area contributed by atoms with Gasteiger partial charge in [-0.3, -0.25) is 5.41 Å². The third kappa shape index (κ3) is 3.16. The zero-order chi connectivity index (χ0) is 16.3. The summed E-state index contributed by atoms with van der Waals surface area (Å²) in [5.74, 6) is -0.692. The Labute approximate surface area is 137 Å². The van der Waals surface area contributed by atoms with E-state index >= 15 is 0 Å². The van der Waals surface area contributed by atoms with Gasteiger partial charge in [0.1, 0.15) is 17.1 Å². The number of rotatable bonds is 4. The number of ether oxygens (including phenoxy) is 2. The summed E-state index contributed by atoms with van der Waals surface area (Å²) < 4.78 is 10.4. The van der Waals surface area contributed by atoms with E-state index in [1.54, 1.807) is 18.2 Å². The van der Waals surface area contributed by atoms with Gasteiger partial charge in [-0.15, -0.1) is 0 Å². The van der Waals surface area contributed by atoms with E-state index in [2.05, 4.69) is 0 Å². The molecular formula is C15H12Cl2N2O3. The fourth-order valence-electron chi connectivity index (χ4n) is 1.85. The molecule has 2 aromatic rings. The zero-order valence-electron chi connectivity index (χ0n) is 11.5. The van der Waals surface area contributed by atoms with Crippen LogP contribution in [0.1, 0.15) is 15.9 Å². The highest BCUT2D eigenvalue weighted by Gasteiger charge is 2.22. The maximum absolute atomic E-state index is 12.4. The Morgan fingerprint density at radius 1 is 1.14 bits per heavy atom. The second kappa shape index (κ2) is 6.68. The summed E-state index contributed by atoms with van der Waals surface area (Å²) in [6, 6.07) is 9.43. The molecule has 7 heteroatoms. The van der Waals surface area contributed by atoms with E-state index in [1.807, 2.05) is 0 Å². The van der Waals surface area contributed by atoms with E-state index < -0.39 is 5.97 Å². The SMILES string of the molecule is COc1c(Cl)ccc(Cl)c1C(=O)Oc1ccccc1C(=N)N. The van der Waals surface area contributed by atoms with E-state index in [0.717, 1.165) is 0 Å². The molecule has 114 valence electrons. The molecule has 2 rings (SSSR count). The summed E-state index contributed by atoms with van der Waals surface area (Å²) >= 11 is 12.0. The Morgan fingerprint density at radius 2 is 1.77 bits per heavy atom. The average molecular weight is 339 g/mol. The smallest absolute Gasteiger partial charge is 0.348 e. The Hall–Kier alpha value is -2.24. The summed E-state index contributed by atoms with van der Waals surface area (Å²) in [5, 5.41) is 7.87. The van der Waals surface area contributed by atoms with Gasteiger partial charge in [0.05, 0.1) is 22.7 Å². The highest BCUT2D eigenvalue weighted by Crippen LogP contribution is 2.34. The van der Waals surface area contributed by atoms with Gasteiger partial charge in [-0.25, -0.2) is 4.79 Å². The minimum atomic E-state index is -0.752. The van der Waals surface area contributed by atoms with Crippen molar-refractivity contribution in [3.63, 3.8) is 0 Å². The molecule has 22 heavy (non-hydrogen) atoms. The van der Waals surface area contributed by atoms with Gasteiger partial charge in [-0.05, 0) is 24.3 Å². The quantitative estimate of drug-likeness (QED) is 0.386. The predicted octanol–water partition coefficient (Wildman–Crippen LogP) is 3.51. The first-order valence-corrected chi connectivity index (χ1v) is 6.89. The molecule has 0 radical (unpaired) electrons. The number of carbonyl (C=O) groups is 1. The molecule has 3 N–H and O–H groups in total. The van der Waals surface area contributed by atoms with Gasteiger partial charge in [-0.2, -0.15) is 0 Å². The molecular weight excluding hydrogens is 327 g/mol. The van der Waals surface area contributed by atoms with Crippen molar-refractivity contribution in [3.8, 4) is 11.5 Å². The van der Waals surface area contributed by atoms with Gasteiger partial charge in [0.2, 0.25) is 0 Å². The lowest BCUT2D eigenvalue weighted by atomic mass is 10.1. The molecule has 2 aromatic carbocycles. The Morgan fingerprint density at radius 3 is 2.41 bits per heavy atom. The molecule has 0 fully saturated rings. The van der Waals surface area contributed by atoms with E-state index in [-0.39, 0.29) is 32.9 Å². The van der Waals surface area contributed by atoms with Gasteiger partial charge in [0.25, 0.3) is 0 Å². The Balaban J connectivity index is 2.43.